The maximum atomic E-state index is 11.6. The minimum atomic E-state index is -0.388. The lowest BCUT2D eigenvalue weighted by Crippen LogP contribution is -2.27. The molecule has 0 aliphatic heterocycles. The van der Waals surface area contributed by atoms with Gasteiger partial charge in [-0.15, -0.1) is 0 Å². The highest BCUT2D eigenvalue weighted by Crippen LogP contribution is 2.13. The summed E-state index contributed by atoms with van der Waals surface area (Å²) in [7, 11) is 3.23. The molecule has 0 aromatic carbocycles. The standard InChI is InChI=1S/C17H29ClN2O3/c1-7-14(20(9-3)13(4)21)12-16(18)19-17(23-6)11-10-15(8-2)22-5/h10,12,17H,7-9,11H2,1-6H3/b14-12+,15-10+,19-16?. The van der Waals surface area contributed by atoms with Gasteiger partial charge in [-0.3, -0.25) is 4.79 Å². The van der Waals surface area contributed by atoms with Crippen molar-refractivity contribution in [1.29, 1.82) is 0 Å². The predicted octanol–water partition coefficient (Wildman–Crippen LogP) is 4.09. The van der Waals surface area contributed by atoms with Gasteiger partial charge < -0.3 is 14.4 Å². The first-order valence-corrected chi connectivity index (χ1v) is 8.28. The van der Waals surface area contributed by atoms with E-state index in [2.05, 4.69) is 4.99 Å². The van der Waals surface area contributed by atoms with Crippen LogP contribution in [0.4, 0.5) is 0 Å². The van der Waals surface area contributed by atoms with Crippen molar-refractivity contribution in [2.24, 2.45) is 4.99 Å². The lowest BCUT2D eigenvalue weighted by atomic mass is 10.2. The number of carbonyl (C=O) groups excluding carboxylic acids is 1. The van der Waals surface area contributed by atoms with Crippen molar-refractivity contribution < 1.29 is 14.3 Å². The maximum absolute atomic E-state index is 11.6. The monoisotopic (exact) mass is 344 g/mol. The molecule has 0 rings (SSSR count). The van der Waals surface area contributed by atoms with Crippen LogP contribution in [0.2, 0.25) is 0 Å². The Hall–Kier alpha value is -1.33. The average Bonchev–Trinajstić information content (AvgIpc) is 2.53. The molecule has 0 saturated heterocycles. The number of rotatable bonds is 10. The van der Waals surface area contributed by atoms with E-state index in [0.29, 0.717) is 24.6 Å². The Bertz CT molecular complexity index is 453. The van der Waals surface area contributed by atoms with Gasteiger partial charge in [0.2, 0.25) is 5.91 Å². The molecule has 0 aliphatic rings. The number of carbonyl (C=O) groups is 1. The van der Waals surface area contributed by atoms with Crippen LogP contribution < -0.4 is 0 Å². The topological polar surface area (TPSA) is 51.1 Å². The Kier molecular flexibility index (Phi) is 11.4. The summed E-state index contributed by atoms with van der Waals surface area (Å²) in [5.74, 6) is 0.876. The van der Waals surface area contributed by atoms with Crippen LogP contribution in [0.5, 0.6) is 0 Å². The van der Waals surface area contributed by atoms with Crippen LogP contribution >= 0.6 is 11.6 Å². The van der Waals surface area contributed by atoms with Crippen LogP contribution in [0.3, 0.4) is 0 Å². The van der Waals surface area contributed by atoms with Crippen molar-refractivity contribution in [3.05, 3.63) is 23.6 Å². The smallest absolute Gasteiger partial charge is 0.223 e. The van der Waals surface area contributed by atoms with Crippen LogP contribution in [-0.2, 0) is 14.3 Å². The quantitative estimate of drug-likeness (QED) is 0.443. The second-order valence-electron chi connectivity index (χ2n) is 4.86. The van der Waals surface area contributed by atoms with Crippen molar-refractivity contribution >= 4 is 22.7 Å². The molecule has 132 valence electrons. The summed E-state index contributed by atoms with van der Waals surface area (Å²) in [4.78, 5) is 17.7. The largest absolute Gasteiger partial charge is 0.501 e. The van der Waals surface area contributed by atoms with Crippen LogP contribution in [0.1, 0.15) is 47.0 Å². The highest BCUT2D eigenvalue weighted by molar-refractivity contribution is 6.68. The van der Waals surface area contributed by atoms with Crippen LogP contribution in [-0.4, -0.2) is 43.0 Å². The van der Waals surface area contributed by atoms with Crippen molar-refractivity contribution in [3.63, 3.8) is 0 Å². The first-order valence-electron chi connectivity index (χ1n) is 7.91. The maximum Gasteiger partial charge on any atom is 0.223 e. The van der Waals surface area contributed by atoms with Gasteiger partial charge in [0.15, 0.2) is 6.23 Å². The van der Waals surface area contributed by atoms with Gasteiger partial charge in [-0.2, -0.15) is 0 Å². The van der Waals surface area contributed by atoms with Gasteiger partial charge in [0.1, 0.15) is 5.17 Å². The molecule has 23 heavy (non-hydrogen) atoms. The highest BCUT2D eigenvalue weighted by Gasteiger charge is 2.12. The summed E-state index contributed by atoms with van der Waals surface area (Å²) >= 11 is 6.22. The molecular weight excluding hydrogens is 316 g/mol. The van der Waals surface area contributed by atoms with E-state index in [1.165, 1.54) is 6.92 Å². The molecule has 5 nitrogen and oxygen atoms in total. The molecule has 0 aromatic rings. The number of aliphatic imine (C=N–C) groups is 1. The van der Waals surface area contributed by atoms with Gasteiger partial charge in [0, 0.05) is 39.1 Å². The van der Waals surface area contributed by atoms with Gasteiger partial charge >= 0.3 is 0 Å². The minimum Gasteiger partial charge on any atom is -0.501 e. The molecule has 0 heterocycles. The zero-order valence-electron chi connectivity index (χ0n) is 15.1. The normalized spacial score (nSPS) is 14.7. The van der Waals surface area contributed by atoms with E-state index < -0.39 is 0 Å². The van der Waals surface area contributed by atoms with E-state index in [4.69, 9.17) is 21.1 Å². The van der Waals surface area contributed by atoms with Crippen LogP contribution in [0.15, 0.2) is 28.6 Å². The highest BCUT2D eigenvalue weighted by atomic mass is 35.5. The molecule has 6 heteroatoms. The molecule has 0 aromatic heterocycles. The number of methoxy groups -OCH3 is 2. The summed E-state index contributed by atoms with van der Waals surface area (Å²) in [5.41, 5.74) is 0.838. The number of halogens is 1. The average molecular weight is 345 g/mol. The second kappa shape index (κ2) is 12.1. The number of allylic oxidation sites excluding steroid dienone is 3. The second-order valence-corrected chi connectivity index (χ2v) is 5.25. The molecule has 0 radical (unpaired) electrons. The van der Waals surface area contributed by atoms with Gasteiger partial charge in [-0.05, 0) is 25.5 Å². The van der Waals surface area contributed by atoms with E-state index in [1.54, 1.807) is 25.2 Å². The van der Waals surface area contributed by atoms with Crippen molar-refractivity contribution in [3.8, 4) is 0 Å². The van der Waals surface area contributed by atoms with Gasteiger partial charge in [-0.1, -0.05) is 25.4 Å². The Morgan fingerprint density at radius 1 is 1.26 bits per heavy atom. The summed E-state index contributed by atoms with van der Waals surface area (Å²) in [5, 5.41) is 0.317. The fourth-order valence-corrected chi connectivity index (χ4v) is 2.35. The van der Waals surface area contributed by atoms with Crippen molar-refractivity contribution in [1.82, 2.24) is 4.90 Å². The SMILES string of the molecule is CC/C(=C\CC(N=C(Cl)/C=C(\CC)N(CC)C(C)=O)OC)OC. The number of amides is 1. The predicted molar refractivity (Wildman–Crippen MR) is 95.5 cm³/mol. The molecule has 0 fully saturated rings. The Labute approximate surface area is 145 Å². The number of hydrogen-bond donors (Lipinski definition) is 0. The fourth-order valence-electron chi connectivity index (χ4n) is 2.12. The van der Waals surface area contributed by atoms with Gasteiger partial charge in [-0.25, -0.2) is 4.99 Å². The molecule has 1 atom stereocenters. The molecule has 0 aliphatic carbocycles. The van der Waals surface area contributed by atoms with Crippen LogP contribution in [0, 0.1) is 0 Å². The van der Waals surface area contributed by atoms with Gasteiger partial charge in [0.05, 0.1) is 12.9 Å². The molecule has 0 saturated carbocycles. The molecular formula is C17H29ClN2O3. The van der Waals surface area contributed by atoms with Crippen molar-refractivity contribution in [2.45, 2.75) is 53.2 Å². The van der Waals surface area contributed by atoms with E-state index in [0.717, 1.165) is 17.9 Å². The van der Waals surface area contributed by atoms with Crippen molar-refractivity contribution in [2.75, 3.05) is 20.8 Å². The van der Waals surface area contributed by atoms with E-state index in [1.807, 2.05) is 26.8 Å². The number of hydrogen-bond acceptors (Lipinski definition) is 4. The third kappa shape index (κ3) is 8.18. The van der Waals surface area contributed by atoms with E-state index >= 15 is 0 Å². The lowest BCUT2D eigenvalue weighted by Gasteiger charge is -2.21. The van der Waals surface area contributed by atoms with Gasteiger partial charge in [0.25, 0.3) is 0 Å². The number of ether oxygens (including phenoxy) is 2. The Morgan fingerprint density at radius 3 is 2.30 bits per heavy atom. The third-order valence-corrected chi connectivity index (χ3v) is 3.59. The Morgan fingerprint density at radius 2 is 1.91 bits per heavy atom. The molecule has 0 spiro atoms. The van der Waals surface area contributed by atoms with E-state index in [9.17, 15) is 4.79 Å². The first-order chi connectivity index (χ1) is 10.9. The molecule has 1 amide bonds. The molecule has 1 unspecified atom stereocenters. The summed E-state index contributed by atoms with van der Waals surface area (Å²) < 4.78 is 10.5. The summed E-state index contributed by atoms with van der Waals surface area (Å²) in [6.07, 6.45) is 5.36. The minimum absolute atomic E-state index is 0.0102. The summed E-state index contributed by atoms with van der Waals surface area (Å²) in [6.45, 7) is 8.06. The fraction of sp³-hybridized carbons (Fsp3) is 0.647. The zero-order valence-corrected chi connectivity index (χ0v) is 15.8. The van der Waals surface area contributed by atoms with E-state index in [-0.39, 0.29) is 12.1 Å². The third-order valence-electron chi connectivity index (χ3n) is 3.39. The van der Waals surface area contributed by atoms with Crippen LogP contribution in [0.25, 0.3) is 0 Å². The Balaban J connectivity index is 5.16. The molecule has 0 N–H and O–H groups in total. The first kappa shape index (κ1) is 21.7. The number of nitrogens with zero attached hydrogens (tertiary/aromatic N) is 2. The zero-order chi connectivity index (χ0) is 17.8. The molecule has 0 bridgehead atoms. The summed E-state index contributed by atoms with van der Waals surface area (Å²) in [6, 6.07) is 0. The lowest BCUT2D eigenvalue weighted by molar-refractivity contribution is -0.126.